The van der Waals surface area contributed by atoms with Crippen molar-refractivity contribution < 1.29 is 14.6 Å². The topological polar surface area (TPSA) is 62.7 Å². The van der Waals surface area contributed by atoms with Gasteiger partial charge >= 0.3 is 5.97 Å². The van der Waals surface area contributed by atoms with Crippen LogP contribution >= 0.6 is 0 Å². The molecular formula is C14H20N2O3. The summed E-state index contributed by atoms with van der Waals surface area (Å²) in [5.41, 5.74) is 1.28. The number of rotatable bonds is 6. The summed E-state index contributed by atoms with van der Waals surface area (Å²) in [6.45, 7) is 3.27. The van der Waals surface area contributed by atoms with Crippen LogP contribution in [0.4, 0.5) is 0 Å². The minimum atomic E-state index is -0.796. The highest BCUT2D eigenvalue weighted by Crippen LogP contribution is 2.16. The molecule has 0 unspecified atom stereocenters. The van der Waals surface area contributed by atoms with E-state index in [2.05, 4.69) is 9.88 Å². The molecule has 0 radical (unpaired) electrons. The normalized spacial score (nSPS) is 17.5. The first-order valence-corrected chi connectivity index (χ1v) is 6.68. The summed E-state index contributed by atoms with van der Waals surface area (Å²) >= 11 is 0. The second-order valence-corrected chi connectivity index (χ2v) is 4.85. The van der Waals surface area contributed by atoms with Gasteiger partial charge in [-0.05, 0) is 30.5 Å². The number of ether oxygens (including phenoxy) is 1. The predicted molar refractivity (Wildman–Crippen MR) is 70.7 cm³/mol. The van der Waals surface area contributed by atoms with Gasteiger partial charge in [0, 0.05) is 32.0 Å². The Kier molecular flexibility index (Phi) is 5.30. The van der Waals surface area contributed by atoms with Gasteiger partial charge < -0.3 is 9.84 Å². The molecule has 0 atom stereocenters. The minimum Gasteiger partial charge on any atom is -0.481 e. The third-order valence-electron chi connectivity index (χ3n) is 3.36. The van der Waals surface area contributed by atoms with Crippen molar-refractivity contribution in [1.29, 1.82) is 0 Å². The van der Waals surface area contributed by atoms with Gasteiger partial charge in [0.25, 0.3) is 0 Å². The summed E-state index contributed by atoms with van der Waals surface area (Å²) in [4.78, 5) is 16.8. The van der Waals surface area contributed by atoms with Crippen molar-refractivity contribution in [3.05, 3.63) is 30.1 Å². The average Bonchev–Trinajstić information content (AvgIpc) is 2.42. The van der Waals surface area contributed by atoms with Crippen molar-refractivity contribution >= 4 is 5.97 Å². The van der Waals surface area contributed by atoms with Crippen LogP contribution in [-0.2, 0) is 16.1 Å². The smallest absolute Gasteiger partial charge is 0.305 e. The van der Waals surface area contributed by atoms with Gasteiger partial charge in [0.15, 0.2) is 0 Å². The fourth-order valence-corrected chi connectivity index (χ4v) is 2.29. The third kappa shape index (κ3) is 4.96. The van der Waals surface area contributed by atoms with E-state index < -0.39 is 5.97 Å². The first-order valence-electron chi connectivity index (χ1n) is 6.68. The number of hydrogen-bond donors (Lipinski definition) is 1. The lowest BCUT2D eigenvalue weighted by atomic mass is 10.1. The minimum absolute atomic E-state index is 0.0945. The van der Waals surface area contributed by atoms with E-state index in [9.17, 15) is 4.79 Å². The molecule has 5 heteroatoms. The lowest BCUT2D eigenvalue weighted by molar-refractivity contribution is -0.138. The summed E-state index contributed by atoms with van der Waals surface area (Å²) < 4.78 is 5.57. The number of aliphatic carboxylic acids is 1. The molecule has 1 N–H and O–H groups in total. The molecule has 1 aromatic heterocycles. The van der Waals surface area contributed by atoms with Gasteiger partial charge in [-0.25, -0.2) is 0 Å². The van der Waals surface area contributed by atoms with Crippen LogP contribution in [0.3, 0.4) is 0 Å². The summed E-state index contributed by atoms with van der Waals surface area (Å²) in [7, 11) is 0. The molecule has 1 saturated heterocycles. The zero-order valence-corrected chi connectivity index (χ0v) is 11.0. The van der Waals surface area contributed by atoms with E-state index in [4.69, 9.17) is 9.84 Å². The summed E-state index contributed by atoms with van der Waals surface area (Å²) in [6.07, 6.45) is 5.90. The Morgan fingerprint density at radius 1 is 1.37 bits per heavy atom. The molecule has 1 aliphatic heterocycles. The number of nitrogens with zero attached hydrogens (tertiary/aromatic N) is 2. The molecule has 1 aliphatic rings. The van der Waals surface area contributed by atoms with Crippen LogP contribution in [0.15, 0.2) is 24.5 Å². The Bertz CT molecular complexity index is 389. The number of hydrogen-bond acceptors (Lipinski definition) is 4. The van der Waals surface area contributed by atoms with Gasteiger partial charge in [-0.2, -0.15) is 0 Å². The number of carbonyl (C=O) groups is 1. The maximum Gasteiger partial charge on any atom is 0.305 e. The second kappa shape index (κ2) is 7.21. The SMILES string of the molecule is O=C(O)CCOC1CCN(Cc2ccncc2)CC1. The Morgan fingerprint density at radius 2 is 2.05 bits per heavy atom. The quantitative estimate of drug-likeness (QED) is 0.844. The zero-order chi connectivity index (χ0) is 13.5. The van der Waals surface area contributed by atoms with Gasteiger partial charge in [0.1, 0.15) is 0 Å². The van der Waals surface area contributed by atoms with Crippen LogP contribution in [-0.4, -0.2) is 46.8 Å². The van der Waals surface area contributed by atoms with Gasteiger partial charge in [-0.15, -0.1) is 0 Å². The van der Waals surface area contributed by atoms with Gasteiger partial charge in [-0.1, -0.05) is 0 Å². The lowest BCUT2D eigenvalue weighted by Gasteiger charge is -2.31. The largest absolute Gasteiger partial charge is 0.481 e. The van der Waals surface area contributed by atoms with Gasteiger partial charge in [0.2, 0.25) is 0 Å². The van der Waals surface area contributed by atoms with E-state index in [0.717, 1.165) is 32.5 Å². The van der Waals surface area contributed by atoms with E-state index >= 15 is 0 Å². The van der Waals surface area contributed by atoms with Crippen molar-refractivity contribution in [3.63, 3.8) is 0 Å². The molecule has 1 aromatic rings. The molecule has 2 rings (SSSR count). The molecule has 0 spiro atoms. The van der Waals surface area contributed by atoms with E-state index in [-0.39, 0.29) is 12.5 Å². The van der Waals surface area contributed by atoms with Crippen molar-refractivity contribution in [2.24, 2.45) is 0 Å². The molecule has 19 heavy (non-hydrogen) atoms. The van der Waals surface area contributed by atoms with Gasteiger partial charge in [-0.3, -0.25) is 14.7 Å². The fraction of sp³-hybridized carbons (Fsp3) is 0.571. The molecule has 1 fully saturated rings. The Balaban J connectivity index is 1.66. The van der Waals surface area contributed by atoms with Crippen LogP contribution in [0.5, 0.6) is 0 Å². The molecule has 2 heterocycles. The third-order valence-corrected chi connectivity index (χ3v) is 3.36. The summed E-state index contributed by atoms with van der Waals surface area (Å²) in [5.74, 6) is -0.796. The summed E-state index contributed by atoms with van der Waals surface area (Å²) in [6, 6.07) is 4.07. The molecule has 0 aliphatic carbocycles. The van der Waals surface area contributed by atoms with E-state index in [1.165, 1.54) is 5.56 Å². The Labute approximate surface area is 113 Å². The van der Waals surface area contributed by atoms with E-state index in [1.807, 2.05) is 24.5 Å². The number of aromatic nitrogens is 1. The zero-order valence-electron chi connectivity index (χ0n) is 11.0. The van der Waals surface area contributed by atoms with Crippen LogP contribution in [0.1, 0.15) is 24.8 Å². The number of pyridine rings is 1. The highest BCUT2D eigenvalue weighted by molar-refractivity contribution is 5.66. The fourth-order valence-electron chi connectivity index (χ4n) is 2.29. The maximum absolute atomic E-state index is 10.4. The molecule has 0 bridgehead atoms. The Hall–Kier alpha value is -1.46. The number of likely N-dealkylation sites (tertiary alicyclic amines) is 1. The van der Waals surface area contributed by atoms with Crippen molar-refractivity contribution in [1.82, 2.24) is 9.88 Å². The van der Waals surface area contributed by atoms with E-state index in [1.54, 1.807) is 0 Å². The van der Waals surface area contributed by atoms with Crippen molar-refractivity contribution in [2.45, 2.75) is 31.9 Å². The molecule has 0 amide bonds. The highest BCUT2D eigenvalue weighted by Gasteiger charge is 2.19. The van der Waals surface area contributed by atoms with Crippen LogP contribution < -0.4 is 0 Å². The Morgan fingerprint density at radius 3 is 2.68 bits per heavy atom. The average molecular weight is 264 g/mol. The molecule has 0 aromatic carbocycles. The predicted octanol–water partition coefficient (Wildman–Crippen LogP) is 1.54. The van der Waals surface area contributed by atoms with Crippen molar-refractivity contribution in [2.75, 3.05) is 19.7 Å². The number of piperidine rings is 1. The summed E-state index contributed by atoms with van der Waals surface area (Å²) in [5, 5.41) is 8.56. The number of carboxylic acid groups (broad SMARTS) is 1. The number of carboxylic acids is 1. The molecule has 104 valence electrons. The lowest BCUT2D eigenvalue weighted by Crippen LogP contribution is -2.36. The van der Waals surface area contributed by atoms with Crippen LogP contribution in [0.2, 0.25) is 0 Å². The standard InChI is InChI=1S/C14H20N2O3/c17-14(18)5-10-19-13-3-8-16(9-4-13)11-12-1-6-15-7-2-12/h1-2,6-7,13H,3-5,8-11H2,(H,17,18). The molecule has 5 nitrogen and oxygen atoms in total. The molecular weight excluding hydrogens is 244 g/mol. The first kappa shape index (κ1) is 14.0. The van der Waals surface area contributed by atoms with E-state index in [0.29, 0.717) is 6.61 Å². The van der Waals surface area contributed by atoms with Crippen LogP contribution in [0.25, 0.3) is 0 Å². The maximum atomic E-state index is 10.4. The molecule has 0 saturated carbocycles. The second-order valence-electron chi connectivity index (χ2n) is 4.85. The van der Waals surface area contributed by atoms with Crippen molar-refractivity contribution in [3.8, 4) is 0 Å². The van der Waals surface area contributed by atoms with Gasteiger partial charge in [0.05, 0.1) is 19.1 Å². The highest BCUT2D eigenvalue weighted by atomic mass is 16.5. The first-order chi connectivity index (χ1) is 9.24. The van der Waals surface area contributed by atoms with Crippen LogP contribution in [0, 0.1) is 0 Å². The monoisotopic (exact) mass is 264 g/mol.